The van der Waals surface area contributed by atoms with Crippen LogP contribution in [-0.4, -0.2) is 42.2 Å². The Bertz CT molecular complexity index is 1010. The normalized spacial score (nSPS) is 14.6. The predicted molar refractivity (Wildman–Crippen MR) is 113 cm³/mol. The number of rotatable bonds is 5. The van der Waals surface area contributed by atoms with Crippen LogP contribution in [0.15, 0.2) is 60.7 Å². The molecule has 0 aliphatic carbocycles. The van der Waals surface area contributed by atoms with Crippen LogP contribution in [-0.2, 0) is 11.2 Å². The number of carboxylic acids is 1. The first kappa shape index (κ1) is 18.2. The monoisotopic (exact) mass is 373 g/mol. The number of pyridine rings is 1. The molecule has 0 amide bonds. The Balaban J connectivity index is 1.78. The number of benzene rings is 2. The largest absolute Gasteiger partial charge is 0.478 e. The van der Waals surface area contributed by atoms with Crippen LogP contribution in [0, 0.1) is 0 Å². The van der Waals surface area contributed by atoms with Gasteiger partial charge >= 0.3 is 5.97 Å². The molecule has 2 N–H and O–H groups in total. The van der Waals surface area contributed by atoms with E-state index in [4.69, 9.17) is 10.1 Å². The van der Waals surface area contributed by atoms with E-state index in [9.17, 15) is 4.79 Å². The maximum Gasteiger partial charge on any atom is 0.328 e. The van der Waals surface area contributed by atoms with Crippen LogP contribution in [0.3, 0.4) is 0 Å². The van der Waals surface area contributed by atoms with Crippen LogP contribution >= 0.6 is 0 Å². The molecule has 2 heterocycles. The second kappa shape index (κ2) is 8.23. The molecule has 5 heteroatoms. The van der Waals surface area contributed by atoms with Gasteiger partial charge in [-0.3, -0.25) is 0 Å². The Morgan fingerprint density at radius 3 is 2.61 bits per heavy atom. The lowest BCUT2D eigenvalue weighted by atomic mass is 10.0. The molecule has 1 aliphatic heterocycles. The summed E-state index contributed by atoms with van der Waals surface area (Å²) in [5.74, 6) is -0.970. The van der Waals surface area contributed by atoms with E-state index < -0.39 is 5.97 Å². The minimum absolute atomic E-state index is 0.655. The van der Waals surface area contributed by atoms with Crippen molar-refractivity contribution in [3.05, 3.63) is 77.5 Å². The van der Waals surface area contributed by atoms with Gasteiger partial charge in [0, 0.05) is 37.6 Å². The quantitative estimate of drug-likeness (QED) is 0.672. The second-order valence-corrected chi connectivity index (χ2v) is 6.99. The summed E-state index contributed by atoms with van der Waals surface area (Å²) in [5, 5.41) is 13.4. The molecular formula is C23H23N3O2. The number of aromatic nitrogens is 1. The number of hydrogen-bond acceptors (Lipinski definition) is 4. The molecular weight excluding hydrogens is 350 g/mol. The molecule has 142 valence electrons. The summed E-state index contributed by atoms with van der Waals surface area (Å²) in [6.45, 7) is 3.76. The second-order valence-electron chi connectivity index (χ2n) is 6.99. The molecule has 1 saturated heterocycles. The van der Waals surface area contributed by atoms with Crippen molar-refractivity contribution >= 4 is 28.6 Å². The summed E-state index contributed by atoms with van der Waals surface area (Å²) < 4.78 is 0. The van der Waals surface area contributed by atoms with Crippen LogP contribution in [0.1, 0.15) is 16.8 Å². The molecule has 28 heavy (non-hydrogen) atoms. The summed E-state index contributed by atoms with van der Waals surface area (Å²) in [4.78, 5) is 18.0. The van der Waals surface area contributed by atoms with Crippen molar-refractivity contribution in [2.75, 3.05) is 31.1 Å². The van der Waals surface area contributed by atoms with E-state index in [2.05, 4.69) is 46.6 Å². The number of carboxylic acid groups (broad SMARTS) is 1. The first-order valence-electron chi connectivity index (χ1n) is 9.53. The van der Waals surface area contributed by atoms with Gasteiger partial charge in [-0.1, -0.05) is 36.4 Å². The highest BCUT2D eigenvalue weighted by Crippen LogP contribution is 2.29. The number of piperazine rings is 1. The number of aliphatic carboxylic acids is 1. The maximum atomic E-state index is 10.8. The zero-order valence-electron chi connectivity index (χ0n) is 15.6. The van der Waals surface area contributed by atoms with Gasteiger partial charge in [-0.2, -0.15) is 0 Å². The van der Waals surface area contributed by atoms with Gasteiger partial charge in [0.25, 0.3) is 0 Å². The molecule has 4 rings (SSSR count). The van der Waals surface area contributed by atoms with Crippen molar-refractivity contribution in [3.63, 3.8) is 0 Å². The third-order valence-electron chi connectivity index (χ3n) is 4.96. The Hall–Kier alpha value is -3.18. The number of hydrogen-bond donors (Lipinski definition) is 2. The minimum atomic E-state index is -0.970. The van der Waals surface area contributed by atoms with Gasteiger partial charge < -0.3 is 15.3 Å². The van der Waals surface area contributed by atoms with E-state index in [0.717, 1.165) is 55.3 Å². The van der Waals surface area contributed by atoms with Gasteiger partial charge in [0.15, 0.2) is 0 Å². The topological polar surface area (TPSA) is 65.5 Å². The maximum absolute atomic E-state index is 10.8. The summed E-state index contributed by atoms with van der Waals surface area (Å²) in [6.07, 6.45) is 3.54. The Morgan fingerprint density at radius 1 is 1.07 bits per heavy atom. The molecule has 5 nitrogen and oxygen atoms in total. The van der Waals surface area contributed by atoms with E-state index in [1.54, 1.807) is 6.08 Å². The molecule has 1 aliphatic rings. The number of fused-ring (bicyclic) bond motifs is 1. The molecule has 0 bridgehead atoms. The Morgan fingerprint density at radius 2 is 1.86 bits per heavy atom. The predicted octanol–water partition coefficient (Wildman–Crippen LogP) is 3.33. The van der Waals surface area contributed by atoms with E-state index >= 15 is 0 Å². The molecule has 0 unspecified atom stereocenters. The molecule has 0 radical (unpaired) electrons. The van der Waals surface area contributed by atoms with Crippen LogP contribution in [0.25, 0.3) is 17.0 Å². The van der Waals surface area contributed by atoms with Crippen LogP contribution in [0.4, 0.5) is 5.69 Å². The standard InChI is InChI=1S/C23H23N3O2/c27-22(28)9-8-20-7-6-19-15-18(14-17-4-2-1-3-5-17)16-21(23(19)25-20)26-12-10-24-11-13-26/h1-9,15-16,24H,10-14H2,(H,27,28)/b9-8+. The lowest BCUT2D eigenvalue weighted by Gasteiger charge is -2.30. The molecule has 3 aromatic rings. The van der Waals surface area contributed by atoms with E-state index in [-0.39, 0.29) is 0 Å². The number of nitrogens with one attached hydrogen (secondary N) is 1. The van der Waals surface area contributed by atoms with E-state index in [1.165, 1.54) is 11.1 Å². The van der Waals surface area contributed by atoms with Crippen molar-refractivity contribution in [1.82, 2.24) is 10.3 Å². The molecule has 0 spiro atoms. The lowest BCUT2D eigenvalue weighted by molar-refractivity contribution is -0.131. The first-order valence-corrected chi connectivity index (χ1v) is 9.53. The third kappa shape index (κ3) is 4.21. The van der Waals surface area contributed by atoms with Crippen LogP contribution < -0.4 is 10.2 Å². The first-order chi connectivity index (χ1) is 13.7. The summed E-state index contributed by atoms with van der Waals surface area (Å²) >= 11 is 0. The molecule has 0 saturated carbocycles. The fourth-order valence-electron chi connectivity index (χ4n) is 3.62. The van der Waals surface area contributed by atoms with Crippen molar-refractivity contribution in [1.29, 1.82) is 0 Å². The fourth-order valence-corrected chi connectivity index (χ4v) is 3.62. The highest BCUT2D eigenvalue weighted by atomic mass is 16.4. The summed E-state index contributed by atoms with van der Waals surface area (Å²) in [7, 11) is 0. The number of nitrogens with zero attached hydrogens (tertiary/aromatic N) is 2. The Kier molecular flexibility index (Phi) is 5.35. The fraction of sp³-hybridized carbons (Fsp3) is 0.217. The van der Waals surface area contributed by atoms with E-state index in [1.807, 2.05) is 18.2 Å². The highest BCUT2D eigenvalue weighted by molar-refractivity contribution is 5.93. The van der Waals surface area contributed by atoms with Crippen molar-refractivity contribution in [2.24, 2.45) is 0 Å². The van der Waals surface area contributed by atoms with Gasteiger partial charge in [0.05, 0.1) is 16.9 Å². The third-order valence-corrected chi connectivity index (χ3v) is 4.96. The van der Waals surface area contributed by atoms with Crippen LogP contribution in [0.2, 0.25) is 0 Å². The molecule has 1 aromatic heterocycles. The number of carbonyl (C=O) groups is 1. The van der Waals surface area contributed by atoms with Crippen molar-refractivity contribution in [2.45, 2.75) is 6.42 Å². The summed E-state index contributed by atoms with van der Waals surface area (Å²) in [6, 6.07) is 18.8. The van der Waals surface area contributed by atoms with Crippen LogP contribution in [0.5, 0.6) is 0 Å². The highest BCUT2D eigenvalue weighted by Gasteiger charge is 2.16. The lowest BCUT2D eigenvalue weighted by Crippen LogP contribution is -2.43. The number of anilines is 1. The van der Waals surface area contributed by atoms with Gasteiger partial charge in [-0.25, -0.2) is 9.78 Å². The van der Waals surface area contributed by atoms with E-state index in [0.29, 0.717) is 5.69 Å². The zero-order valence-corrected chi connectivity index (χ0v) is 15.6. The van der Waals surface area contributed by atoms with Crippen molar-refractivity contribution in [3.8, 4) is 0 Å². The van der Waals surface area contributed by atoms with Gasteiger partial charge in [0.2, 0.25) is 0 Å². The minimum Gasteiger partial charge on any atom is -0.478 e. The molecule has 1 fully saturated rings. The SMILES string of the molecule is O=C(O)/C=C/c1ccc2cc(Cc3ccccc3)cc(N3CCNCC3)c2n1. The van der Waals surface area contributed by atoms with Gasteiger partial charge in [0.1, 0.15) is 0 Å². The van der Waals surface area contributed by atoms with Gasteiger partial charge in [-0.05, 0) is 41.8 Å². The zero-order chi connectivity index (χ0) is 19.3. The van der Waals surface area contributed by atoms with Gasteiger partial charge in [-0.15, -0.1) is 0 Å². The molecule has 0 atom stereocenters. The van der Waals surface area contributed by atoms with Crippen molar-refractivity contribution < 1.29 is 9.90 Å². The average Bonchev–Trinajstić information content (AvgIpc) is 2.73. The molecule has 2 aromatic carbocycles. The Labute approximate surface area is 164 Å². The average molecular weight is 373 g/mol. The summed E-state index contributed by atoms with van der Waals surface area (Å²) in [5.41, 5.74) is 5.23. The smallest absolute Gasteiger partial charge is 0.328 e.